The Balaban J connectivity index is 2.20. The van der Waals surface area contributed by atoms with Crippen LogP contribution in [0.2, 0.25) is 0 Å². The number of likely N-dealkylation sites (tertiary alicyclic amines) is 1. The van der Waals surface area contributed by atoms with Crippen LogP contribution in [-0.2, 0) is 9.59 Å². The molecule has 1 N–H and O–H groups in total. The van der Waals surface area contributed by atoms with Gasteiger partial charge in [-0.25, -0.2) is 0 Å². The van der Waals surface area contributed by atoms with E-state index in [1.807, 2.05) is 0 Å². The Labute approximate surface area is 108 Å². The highest BCUT2D eigenvalue weighted by atomic mass is 16.3. The molecule has 4 heteroatoms. The van der Waals surface area contributed by atoms with Crippen molar-refractivity contribution in [3.8, 4) is 0 Å². The summed E-state index contributed by atoms with van der Waals surface area (Å²) in [6.07, 6.45) is 3.51. The molecule has 2 aliphatic rings. The SMILES string of the molecule is CC(C)C1CCC(O)CC1N1C(=O)CCCC1=O. The number of amides is 2. The van der Waals surface area contributed by atoms with Gasteiger partial charge in [0.05, 0.1) is 6.10 Å². The van der Waals surface area contributed by atoms with E-state index in [2.05, 4.69) is 13.8 Å². The van der Waals surface area contributed by atoms with E-state index in [1.165, 1.54) is 4.90 Å². The summed E-state index contributed by atoms with van der Waals surface area (Å²) in [6, 6.07) is -0.0888. The average molecular weight is 253 g/mol. The van der Waals surface area contributed by atoms with Crippen molar-refractivity contribution in [1.82, 2.24) is 4.90 Å². The standard InChI is InChI=1S/C14H23NO3/c1-9(2)11-7-6-10(16)8-12(11)15-13(17)4-3-5-14(15)18/h9-12,16H,3-8H2,1-2H3. The molecule has 0 aromatic rings. The minimum absolute atomic E-state index is 0.0454. The molecule has 0 spiro atoms. The average Bonchev–Trinajstić information content (AvgIpc) is 2.28. The van der Waals surface area contributed by atoms with Crippen molar-refractivity contribution in [2.75, 3.05) is 0 Å². The van der Waals surface area contributed by atoms with Crippen LogP contribution >= 0.6 is 0 Å². The molecule has 18 heavy (non-hydrogen) atoms. The number of nitrogens with zero attached hydrogens (tertiary/aromatic N) is 1. The van der Waals surface area contributed by atoms with Crippen molar-refractivity contribution in [2.45, 2.75) is 64.5 Å². The molecular formula is C14H23NO3. The number of rotatable bonds is 2. The molecule has 0 bridgehead atoms. The first-order valence-electron chi connectivity index (χ1n) is 7.03. The number of aliphatic hydroxyl groups excluding tert-OH is 1. The van der Waals surface area contributed by atoms with Crippen LogP contribution in [0, 0.1) is 11.8 Å². The van der Waals surface area contributed by atoms with Gasteiger partial charge in [0.1, 0.15) is 0 Å². The summed E-state index contributed by atoms with van der Waals surface area (Å²) in [5, 5.41) is 9.83. The first-order chi connectivity index (χ1) is 8.50. The van der Waals surface area contributed by atoms with Crippen molar-refractivity contribution in [3.05, 3.63) is 0 Å². The van der Waals surface area contributed by atoms with E-state index in [0.29, 0.717) is 37.5 Å². The Morgan fingerprint density at radius 3 is 2.33 bits per heavy atom. The molecule has 2 fully saturated rings. The van der Waals surface area contributed by atoms with Gasteiger partial charge in [-0.3, -0.25) is 14.5 Å². The minimum atomic E-state index is -0.368. The topological polar surface area (TPSA) is 57.6 Å². The summed E-state index contributed by atoms with van der Waals surface area (Å²) < 4.78 is 0. The van der Waals surface area contributed by atoms with E-state index >= 15 is 0 Å². The van der Waals surface area contributed by atoms with Gasteiger partial charge in [0.15, 0.2) is 0 Å². The highest BCUT2D eigenvalue weighted by Gasteiger charge is 2.41. The normalized spacial score (nSPS) is 34.2. The summed E-state index contributed by atoms with van der Waals surface area (Å²) in [6.45, 7) is 4.27. The molecule has 1 aliphatic heterocycles. The number of piperidine rings is 1. The van der Waals surface area contributed by atoms with E-state index in [4.69, 9.17) is 0 Å². The third kappa shape index (κ3) is 2.58. The first kappa shape index (κ1) is 13.5. The fraction of sp³-hybridized carbons (Fsp3) is 0.857. The zero-order valence-electron chi connectivity index (χ0n) is 11.3. The van der Waals surface area contributed by atoms with Gasteiger partial charge < -0.3 is 5.11 Å². The predicted molar refractivity (Wildman–Crippen MR) is 67.7 cm³/mol. The molecule has 1 aliphatic carbocycles. The van der Waals surface area contributed by atoms with Crippen LogP contribution in [0.5, 0.6) is 0 Å². The van der Waals surface area contributed by atoms with Crippen LogP contribution in [0.15, 0.2) is 0 Å². The Morgan fingerprint density at radius 1 is 1.17 bits per heavy atom. The highest BCUT2D eigenvalue weighted by Crippen LogP contribution is 2.35. The maximum absolute atomic E-state index is 12.0. The number of imide groups is 1. The molecule has 0 radical (unpaired) electrons. The van der Waals surface area contributed by atoms with Crippen LogP contribution in [-0.4, -0.2) is 34.0 Å². The molecule has 3 unspecified atom stereocenters. The summed E-state index contributed by atoms with van der Waals surface area (Å²) in [5.41, 5.74) is 0. The van der Waals surface area contributed by atoms with E-state index in [1.54, 1.807) is 0 Å². The second-order valence-electron chi connectivity index (χ2n) is 5.95. The predicted octanol–water partition coefficient (Wildman–Crippen LogP) is 1.71. The largest absolute Gasteiger partial charge is 0.393 e. The van der Waals surface area contributed by atoms with Crippen LogP contribution in [0.1, 0.15) is 52.4 Å². The molecule has 0 aromatic heterocycles. The third-order valence-corrected chi connectivity index (χ3v) is 4.35. The molecule has 102 valence electrons. The van der Waals surface area contributed by atoms with Gasteiger partial charge in [-0.05, 0) is 37.5 Å². The molecule has 2 amide bonds. The lowest BCUT2D eigenvalue weighted by atomic mass is 9.75. The molecule has 2 rings (SSSR count). The maximum atomic E-state index is 12.0. The maximum Gasteiger partial charge on any atom is 0.229 e. The Bertz CT molecular complexity index is 324. The fourth-order valence-electron chi connectivity index (χ4n) is 3.36. The Kier molecular flexibility index (Phi) is 4.05. The second kappa shape index (κ2) is 5.39. The van der Waals surface area contributed by atoms with Gasteiger partial charge >= 0.3 is 0 Å². The lowest BCUT2D eigenvalue weighted by Crippen LogP contribution is -2.54. The van der Waals surface area contributed by atoms with E-state index in [9.17, 15) is 14.7 Å². The van der Waals surface area contributed by atoms with Crippen LogP contribution in [0.25, 0.3) is 0 Å². The summed E-state index contributed by atoms with van der Waals surface area (Å²) in [7, 11) is 0. The number of hydrogen-bond donors (Lipinski definition) is 1. The molecule has 4 nitrogen and oxygen atoms in total. The quantitative estimate of drug-likeness (QED) is 0.762. The zero-order chi connectivity index (χ0) is 13.3. The second-order valence-corrected chi connectivity index (χ2v) is 5.95. The molecule has 0 aromatic carbocycles. The van der Waals surface area contributed by atoms with Gasteiger partial charge in [0, 0.05) is 18.9 Å². The molecule has 1 heterocycles. The van der Waals surface area contributed by atoms with Gasteiger partial charge in [-0.1, -0.05) is 13.8 Å². The van der Waals surface area contributed by atoms with Crippen molar-refractivity contribution in [2.24, 2.45) is 11.8 Å². The monoisotopic (exact) mass is 253 g/mol. The zero-order valence-corrected chi connectivity index (χ0v) is 11.3. The number of carbonyl (C=O) groups is 2. The number of aliphatic hydroxyl groups is 1. The van der Waals surface area contributed by atoms with E-state index < -0.39 is 0 Å². The lowest BCUT2D eigenvalue weighted by molar-refractivity contribution is -0.155. The first-order valence-corrected chi connectivity index (χ1v) is 7.03. The van der Waals surface area contributed by atoms with Gasteiger partial charge in [0.2, 0.25) is 11.8 Å². The Hall–Kier alpha value is -0.900. The summed E-state index contributed by atoms with van der Waals surface area (Å²) in [5.74, 6) is 0.677. The van der Waals surface area contributed by atoms with Crippen molar-refractivity contribution in [1.29, 1.82) is 0 Å². The number of carbonyl (C=O) groups excluding carboxylic acids is 2. The molecule has 1 saturated heterocycles. The van der Waals surface area contributed by atoms with Crippen LogP contribution < -0.4 is 0 Å². The number of hydrogen-bond acceptors (Lipinski definition) is 3. The molecule has 3 atom stereocenters. The van der Waals surface area contributed by atoms with Crippen molar-refractivity contribution < 1.29 is 14.7 Å². The van der Waals surface area contributed by atoms with Gasteiger partial charge in [0.25, 0.3) is 0 Å². The van der Waals surface area contributed by atoms with Crippen LogP contribution in [0.3, 0.4) is 0 Å². The van der Waals surface area contributed by atoms with Crippen LogP contribution in [0.4, 0.5) is 0 Å². The van der Waals surface area contributed by atoms with Gasteiger partial charge in [-0.2, -0.15) is 0 Å². The third-order valence-electron chi connectivity index (χ3n) is 4.35. The Morgan fingerprint density at radius 2 is 1.78 bits per heavy atom. The molecular weight excluding hydrogens is 230 g/mol. The summed E-state index contributed by atoms with van der Waals surface area (Å²) >= 11 is 0. The van der Waals surface area contributed by atoms with Crippen molar-refractivity contribution in [3.63, 3.8) is 0 Å². The van der Waals surface area contributed by atoms with E-state index in [0.717, 1.165) is 12.8 Å². The van der Waals surface area contributed by atoms with Crippen molar-refractivity contribution >= 4 is 11.8 Å². The molecule has 1 saturated carbocycles. The van der Waals surface area contributed by atoms with Gasteiger partial charge in [-0.15, -0.1) is 0 Å². The smallest absolute Gasteiger partial charge is 0.229 e. The fourth-order valence-corrected chi connectivity index (χ4v) is 3.36. The highest BCUT2D eigenvalue weighted by molar-refractivity contribution is 5.97. The minimum Gasteiger partial charge on any atom is -0.393 e. The van der Waals surface area contributed by atoms with E-state index in [-0.39, 0.29) is 24.0 Å². The lowest BCUT2D eigenvalue weighted by Gasteiger charge is -2.43. The summed E-state index contributed by atoms with van der Waals surface area (Å²) in [4.78, 5) is 25.5.